The number of rotatable bonds is 2. The third-order valence-corrected chi connectivity index (χ3v) is 4.12. The Bertz CT molecular complexity index is 807. The quantitative estimate of drug-likeness (QED) is 0.789. The van der Waals surface area contributed by atoms with E-state index >= 15 is 0 Å². The molecule has 0 radical (unpaired) electrons. The van der Waals surface area contributed by atoms with E-state index in [-0.39, 0.29) is 0 Å². The van der Waals surface area contributed by atoms with Gasteiger partial charge in [-0.3, -0.25) is 0 Å². The lowest BCUT2D eigenvalue weighted by Crippen LogP contribution is -2.43. The zero-order valence-electron chi connectivity index (χ0n) is 12.0. The van der Waals surface area contributed by atoms with Crippen molar-refractivity contribution in [1.29, 1.82) is 0 Å². The van der Waals surface area contributed by atoms with Crippen molar-refractivity contribution in [3.05, 3.63) is 47.6 Å². The molecule has 0 aliphatic carbocycles. The number of anilines is 1. The third-order valence-electron chi connectivity index (χ3n) is 3.89. The molecule has 0 spiro atoms. The summed E-state index contributed by atoms with van der Waals surface area (Å²) in [4.78, 5) is 7.00. The summed E-state index contributed by atoms with van der Waals surface area (Å²) in [6, 6.07) is 11.8. The van der Waals surface area contributed by atoms with Crippen molar-refractivity contribution in [2.75, 3.05) is 31.1 Å². The molecule has 0 atom stereocenters. The van der Waals surface area contributed by atoms with E-state index in [0.29, 0.717) is 10.8 Å². The van der Waals surface area contributed by atoms with Gasteiger partial charge in [-0.05, 0) is 18.2 Å². The Balaban J connectivity index is 1.71. The van der Waals surface area contributed by atoms with Crippen LogP contribution in [0.15, 0.2) is 42.6 Å². The molecule has 4 rings (SSSR count). The number of benzene rings is 1. The number of hydrogen-bond donors (Lipinski definition) is 1. The van der Waals surface area contributed by atoms with Gasteiger partial charge in [0.2, 0.25) is 0 Å². The maximum Gasteiger partial charge on any atom is 0.182 e. The Morgan fingerprint density at radius 2 is 1.95 bits per heavy atom. The molecule has 112 valence electrons. The first-order valence-electron chi connectivity index (χ1n) is 7.38. The molecule has 3 aromatic rings. The summed E-state index contributed by atoms with van der Waals surface area (Å²) in [5.41, 5.74) is 2.98. The fourth-order valence-corrected chi connectivity index (χ4v) is 2.93. The summed E-state index contributed by atoms with van der Waals surface area (Å²) in [6.45, 7) is 4.08. The highest BCUT2D eigenvalue weighted by molar-refractivity contribution is 6.30. The van der Waals surface area contributed by atoms with Gasteiger partial charge in [0.25, 0.3) is 0 Å². The number of hydrogen-bond acceptors (Lipinski definition) is 4. The second kappa shape index (κ2) is 5.59. The molecule has 1 fully saturated rings. The average molecular weight is 314 g/mol. The average Bonchev–Trinajstić information content (AvgIpc) is 2.99. The molecule has 0 amide bonds. The number of fused-ring (bicyclic) bond motifs is 1. The van der Waals surface area contributed by atoms with E-state index < -0.39 is 0 Å². The predicted molar refractivity (Wildman–Crippen MR) is 88.5 cm³/mol. The number of piperazine rings is 1. The van der Waals surface area contributed by atoms with Gasteiger partial charge < -0.3 is 10.2 Å². The molecule has 3 heterocycles. The Hall–Kier alpha value is -2.11. The maximum absolute atomic E-state index is 6.05. The summed E-state index contributed by atoms with van der Waals surface area (Å²) in [5, 5.41) is 8.58. The number of aromatic nitrogens is 3. The van der Waals surface area contributed by atoms with E-state index in [9.17, 15) is 0 Å². The lowest BCUT2D eigenvalue weighted by Gasteiger charge is -2.29. The molecule has 6 heteroatoms. The van der Waals surface area contributed by atoms with Gasteiger partial charge in [0, 0.05) is 54.7 Å². The number of nitrogens with one attached hydrogen (secondary N) is 1. The molecule has 0 unspecified atom stereocenters. The minimum Gasteiger partial charge on any atom is -0.369 e. The summed E-state index contributed by atoms with van der Waals surface area (Å²) in [6.07, 6.45) is 1.97. The molecule has 2 aromatic heterocycles. The molecular weight excluding hydrogens is 298 g/mol. The fourth-order valence-electron chi connectivity index (χ4n) is 2.74. The second-order valence-corrected chi connectivity index (χ2v) is 5.81. The van der Waals surface area contributed by atoms with Crippen molar-refractivity contribution in [3.63, 3.8) is 0 Å². The van der Waals surface area contributed by atoms with Crippen LogP contribution in [0.4, 0.5) is 5.69 Å². The van der Waals surface area contributed by atoms with E-state index in [1.165, 1.54) is 5.69 Å². The largest absolute Gasteiger partial charge is 0.369 e. The SMILES string of the molecule is Clc1cccc(-c2nc3cc(N4CCNCC4)ccn3n2)c1. The van der Waals surface area contributed by atoms with Crippen LogP contribution < -0.4 is 10.2 Å². The molecule has 1 aromatic carbocycles. The van der Waals surface area contributed by atoms with E-state index in [1.807, 2.05) is 35.0 Å². The van der Waals surface area contributed by atoms with Crippen molar-refractivity contribution >= 4 is 22.9 Å². The van der Waals surface area contributed by atoms with Gasteiger partial charge in [-0.25, -0.2) is 9.50 Å². The molecule has 5 nitrogen and oxygen atoms in total. The Morgan fingerprint density at radius 3 is 2.77 bits per heavy atom. The predicted octanol–water partition coefficient (Wildman–Crippen LogP) is 2.46. The monoisotopic (exact) mass is 313 g/mol. The smallest absolute Gasteiger partial charge is 0.182 e. The zero-order valence-corrected chi connectivity index (χ0v) is 12.8. The van der Waals surface area contributed by atoms with E-state index in [1.54, 1.807) is 0 Å². The highest BCUT2D eigenvalue weighted by Gasteiger charge is 2.12. The highest BCUT2D eigenvalue weighted by Crippen LogP contribution is 2.22. The summed E-state index contributed by atoms with van der Waals surface area (Å²) in [5.74, 6) is 0.694. The Morgan fingerprint density at radius 1 is 1.09 bits per heavy atom. The molecule has 22 heavy (non-hydrogen) atoms. The molecule has 1 N–H and O–H groups in total. The van der Waals surface area contributed by atoms with Crippen LogP contribution in [0.3, 0.4) is 0 Å². The van der Waals surface area contributed by atoms with Gasteiger partial charge in [-0.1, -0.05) is 23.7 Å². The summed E-state index contributed by atoms with van der Waals surface area (Å²) >= 11 is 6.05. The van der Waals surface area contributed by atoms with Crippen molar-refractivity contribution in [2.24, 2.45) is 0 Å². The number of halogens is 1. The van der Waals surface area contributed by atoms with Gasteiger partial charge in [0.1, 0.15) is 0 Å². The van der Waals surface area contributed by atoms with Crippen molar-refractivity contribution < 1.29 is 0 Å². The van der Waals surface area contributed by atoms with Crippen molar-refractivity contribution in [2.45, 2.75) is 0 Å². The van der Waals surface area contributed by atoms with Crippen LogP contribution in [0.1, 0.15) is 0 Å². The summed E-state index contributed by atoms with van der Waals surface area (Å²) in [7, 11) is 0. The first-order valence-corrected chi connectivity index (χ1v) is 7.75. The van der Waals surface area contributed by atoms with Crippen molar-refractivity contribution in [1.82, 2.24) is 19.9 Å². The van der Waals surface area contributed by atoms with Crippen LogP contribution >= 0.6 is 11.6 Å². The Kier molecular flexibility index (Phi) is 3.44. The third kappa shape index (κ3) is 2.53. The first kappa shape index (κ1) is 13.5. The normalized spacial score (nSPS) is 15.4. The molecule has 0 bridgehead atoms. The lowest BCUT2D eigenvalue weighted by atomic mass is 10.2. The minimum absolute atomic E-state index is 0.692. The molecule has 1 aliphatic heterocycles. The first-order chi connectivity index (χ1) is 10.8. The van der Waals surface area contributed by atoms with Crippen LogP contribution in [0.2, 0.25) is 5.02 Å². The van der Waals surface area contributed by atoms with Crippen LogP contribution in [-0.2, 0) is 0 Å². The zero-order chi connectivity index (χ0) is 14.9. The molecule has 0 saturated carbocycles. The molecule has 1 aliphatic rings. The van der Waals surface area contributed by atoms with Gasteiger partial charge in [0.05, 0.1) is 0 Å². The molecular formula is C16H16ClN5. The van der Waals surface area contributed by atoms with Gasteiger partial charge in [0.15, 0.2) is 11.5 Å². The second-order valence-electron chi connectivity index (χ2n) is 5.37. The van der Waals surface area contributed by atoms with Crippen molar-refractivity contribution in [3.8, 4) is 11.4 Å². The maximum atomic E-state index is 6.05. The molecule has 1 saturated heterocycles. The van der Waals surface area contributed by atoms with Crippen LogP contribution in [0.5, 0.6) is 0 Å². The van der Waals surface area contributed by atoms with Gasteiger partial charge >= 0.3 is 0 Å². The van der Waals surface area contributed by atoms with Gasteiger partial charge in [-0.15, -0.1) is 5.10 Å². The minimum atomic E-state index is 0.692. The number of pyridine rings is 1. The van der Waals surface area contributed by atoms with Gasteiger partial charge in [-0.2, -0.15) is 0 Å². The topological polar surface area (TPSA) is 45.5 Å². The van der Waals surface area contributed by atoms with E-state index in [0.717, 1.165) is 37.4 Å². The van der Waals surface area contributed by atoms with Crippen LogP contribution in [-0.4, -0.2) is 40.8 Å². The van der Waals surface area contributed by atoms with E-state index in [2.05, 4.69) is 32.4 Å². The van der Waals surface area contributed by atoms with Crippen LogP contribution in [0, 0.1) is 0 Å². The fraction of sp³-hybridized carbons (Fsp3) is 0.250. The number of nitrogens with zero attached hydrogens (tertiary/aromatic N) is 4. The highest BCUT2D eigenvalue weighted by atomic mass is 35.5. The van der Waals surface area contributed by atoms with Crippen LogP contribution in [0.25, 0.3) is 17.0 Å². The van der Waals surface area contributed by atoms with E-state index in [4.69, 9.17) is 11.6 Å². The summed E-state index contributed by atoms with van der Waals surface area (Å²) < 4.78 is 1.81. The standard InChI is InChI=1S/C16H16ClN5/c17-13-3-1-2-12(10-13)16-19-15-11-14(4-7-22(15)20-16)21-8-5-18-6-9-21/h1-4,7,10-11,18H,5-6,8-9H2. The Labute approximate surface area is 133 Å². The lowest BCUT2D eigenvalue weighted by molar-refractivity contribution is 0.589.